The normalized spacial score (nSPS) is 10.1. The molecule has 0 spiro atoms. The van der Waals surface area contributed by atoms with Crippen LogP contribution in [0.3, 0.4) is 0 Å². The van der Waals surface area contributed by atoms with Gasteiger partial charge in [0.1, 0.15) is 4.60 Å². The lowest BCUT2D eigenvalue weighted by molar-refractivity contribution is 0.112. The maximum atomic E-state index is 10.5. The molecule has 0 saturated carbocycles. The molecule has 0 bridgehead atoms. The topological polar surface area (TPSA) is 34.9 Å². The van der Waals surface area contributed by atoms with Crippen molar-refractivity contribution in [3.8, 4) is 0 Å². The summed E-state index contributed by atoms with van der Waals surface area (Å²) in [5, 5.41) is 4.05. The highest BCUT2D eigenvalue weighted by Gasteiger charge is 2.10. The minimum Gasteiger partial charge on any atom is -0.298 e. The van der Waals surface area contributed by atoms with E-state index in [0.717, 1.165) is 18.4 Å². The number of hydrogen-bond acceptors (Lipinski definition) is 2. The molecule has 0 fully saturated rings. The van der Waals surface area contributed by atoms with Crippen molar-refractivity contribution >= 4 is 22.2 Å². The van der Waals surface area contributed by atoms with Gasteiger partial charge in [-0.05, 0) is 22.4 Å². The molecular weight excluding hydrogens is 208 g/mol. The zero-order chi connectivity index (χ0) is 8.43. The van der Waals surface area contributed by atoms with Crippen molar-refractivity contribution in [1.29, 1.82) is 0 Å². The van der Waals surface area contributed by atoms with Gasteiger partial charge in [-0.25, -0.2) is 0 Å². The second kappa shape index (κ2) is 3.17. The molecule has 0 aliphatic rings. The second-order valence-electron chi connectivity index (χ2n) is 2.25. The molecule has 3 nitrogen and oxygen atoms in total. The van der Waals surface area contributed by atoms with E-state index < -0.39 is 0 Å². The summed E-state index contributed by atoms with van der Waals surface area (Å²) in [7, 11) is 1.83. The molecule has 11 heavy (non-hydrogen) atoms. The highest BCUT2D eigenvalue weighted by Crippen LogP contribution is 2.17. The van der Waals surface area contributed by atoms with Gasteiger partial charge in [0.25, 0.3) is 0 Å². The standard InChI is InChI=1S/C7H9BrN2O/c1-3-6-5(4-11)7(8)9-10(6)2/h4H,3H2,1-2H3. The van der Waals surface area contributed by atoms with Crippen LogP contribution in [0.25, 0.3) is 0 Å². The van der Waals surface area contributed by atoms with Gasteiger partial charge in [0.2, 0.25) is 0 Å². The van der Waals surface area contributed by atoms with Gasteiger partial charge >= 0.3 is 0 Å². The maximum absolute atomic E-state index is 10.5. The number of carbonyl (C=O) groups excluding carboxylic acids is 1. The Morgan fingerprint density at radius 1 is 1.73 bits per heavy atom. The molecule has 0 atom stereocenters. The van der Waals surface area contributed by atoms with Crippen LogP contribution in [0.15, 0.2) is 4.60 Å². The fraction of sp³-hybridized carbons (Fsp3) is 0.429. The molecule has 0 N–H and O–H groups in total. The van der Waals surface area contributed by atoms with Crippen molar-refractivity contribution in [2.24, 2.45) is 7.05 Å². The molecule has 0 unspecified atom stereocenters. The van der Waals surface area contributed by atoms with Gasteiger partial charge in [-0.15, -0.1) is 0 Å². The lowest BCUT2D eigenvalue weighted by atomic mass is 10.2. The van der Waals surface area contributed by atoms with Crippen LogP contribution in [0.4, 0.5) is 0 Å². The van der Waals surface area contributed by atoms with E-state index in [-0.39, 0.29) is 0 Å². The number of rotatable bonds is 2. The predicted molar refractivity (Wildman–Crippen MR) is 45.7 cm³/mol. The fourth-order valence-electron chi connectivity index (χ4n) is 1.08. The van der Waals surface area contributed by atoms with E-state index in [2.05, 4.69) is 21.0 Å². The molecule has 0 aliphatic carbocycles. The van der Waals surface area contributed by atoms with Gasteiger partial charge in [-0.3, -0.25) is 9.48 Å². The molecule has 4 heteroatoms. The molecule has 1 aromatic heterocycles. The van der Waals surface area contributed by atoms with Crippen LogP contribution in [0.5, 0.6) is 0 Å². The van der Waals surface area contributed by atoms with Crippen LogP contribution in [-0.2, 0) is 13.5 Å². The van der Waals surface area contributed by atoms with E-state index >= 15 is 0 Å². The maximum Gasteiger partial charge on any atom is 0.154 e. The van der Waals surface area contributed by atoms with Gasteiger partial charge in [-0.2, -0.15) is 5.10 Å². The van der Waals surface area contributed by atoms with Crippen molar-refractivity contribution < 1.29 is 4.79 Å². The van der Waals surface area contributed by atoms with Crippen molar-refractivity contribution in [1.82, 2.24) is 9.78 Å². The number of aldehydes is 1. The summed E-state index contributed by atoms with van der Waals surface area (Å²) in [6.07, 6.45) is 1.65. The minimum absolute atomic E-state index is 0.631. The third-order valence-corrected chi connectivity index (χ3v) is 2.20. The lowest BCUT2D eigenvalue weighted by Crippen LogP contribution is -1.97. The zero-order valence-corrected chi connectivity index (χ0v) is 8.05. The van der Waals surface area contributed by atoms with E-state index in [1.807, 2.05) is 14.0 Å². The Bertz CT molecular complexity index is 280. The van der Waals surface area contributed by atoms with E-state index in [1.165, 1.54) is 0 Å². The Hall–Kier alpha value is -0.640. The van der Waals surface area contributed by atoms with Crippen molar-refractivity contribution in [3.05, 3.63) is 15.9 Å². The Balaban J connectivity index is 3.28. The molecule has 1 heterocycles. The van der Waals surface area contributed by atoms with Crippen molar-refractivity contribution in [2.75, 3.05) is 0 Å². The first-order valence-electron chi connectivity index (χ1n) is 3.37. The first kappa shape index (κ1) is 8.46. The molecule has 0 aliphatic heterocycles. The Morgan fingerprint density at radius 2 is 2.36 bits per heavy atom. The highest BCUT2D eigenvalue weighted by atomic mass is 79.9. The number of hydrogen-bond donors (Lipinski definition) is 0. The van der Waals surface area contributed by atoms with E-state index in [0.29, 0.717) is 10.2 Å². The smallest absolute Gasteiger partial charge is 0.154 e. The third-order valence-electron chi connectivity index (χ3n) is 1.61. The SMILES string of the molecule is CCc1c(C=O)c(Br)nn1C. The van der Waals surface area contributed by atoms with Gasteiger partial charge in [0.15, 0.2) is 6.29 Å². The van der Waals surface area contributed by atoms with E-state index in [1.54, 1.807) is 4.68 Å². The fourth-order valence-corrected chi connectivity index (χ4v) is 1.64. The van der Waals surface area contributed by atoms with Gasteiger partial charge in [-0.1, -0.05) is 6.92 Å². The number of halogens is 1. The van der Waals surface area contributed by atoms with Gasteiger partial charge in [0.05, 0.1) is 5.56 Å². The monoisotopic (exact) mass is 216 g/mol. The third kappa shape index (κ3) is 1.35. The van der Waals surface area contributed by atoms with Crippen molar-refractivity contribution in [2.45, 2.75) is 13.3 Å². The van der Waals surface area contributed by atoms with Crippen LogP contribution >= 0.6 is 15.9 Å². The van der Waals surface area contributed by atoms with Crippen LogP contribution < -0.4 is 0 Å². The lowest BCUT2D eigenvalue weighted by Gasteiger charge is -1.95. The largest absolute Gasteiger partial charge is 0.298 e. The molecule has 1 rings (SSSR count). The first-order valence-corrected chi connectivity index (χ1v) is 4.16. The summed E-state index contributed by atoms with van der Waals surface area (Å²) in [4.78, 5) is 10.5. The summed E-state index contributed by atoms with van der Waals surface area (Å²) in [6.45, 7) is 2.00. The molecule has 0 saturated heterocycles. The summed E-state index contributed by atoms with van der Waals surface area (Å²) >= 11 is 3.21. The van der Waals surface area contributed by atoms with Crippen LogP contribution in [0.2, 0.25) is 0 Å². The summed E-state index contributed by atoms with van der Waals surface area (Å²) in [6, 6.07) is 0. The van der Waals surface area contributed by atoms with Gasteiger partial charge < -0.3 is 0 Å². The average Bonchev–Trinajstić information content (AvgIpc) is 2.24. The van der Waals surface area contributed by atoms with E-state index in [9.17, 15) is 4.79 Å². The quantitative estimate of drug-likeness (QED) is 0.704. The predicted octanol–water partition coefficient (Wildman–Crippen LogP) is 1.56. The summed E-state index contributed by atoms with van der Waals surface area (Å²) in [5.41, 5.74) is 1.63. The average molecular weight is 217 g/mol. The van der Waals surface area contributed by atoms with Gasteiger partial charge in [0, 0.05) is 12.7 Å². The van der Waals surface area contributed by atoms with Crippen LogP contribution in [0.1, 0.15) is 23.0 Å². The second-order valence-corrected chi connectivity index (χ2v) is 3.00. The first-order chi connectivity index (χ1) is 5.20. The Morgan fingerprint density at radius 3 is 2.73 bits per heavy atom. The highest BCUT2D eigenvalue weighted by molar-refractivity contribution is 9.10. The molecule has 60 valence electrons. The van der Waals surface area contributed by atoms with Crippen LogP contribution in [-0.4, -0.2) is 16.1 Å². The molecule has 0 radical (unpaired) electrons. The number of aromatic nitrogens is 2. The number of aryl methyl sites for hydroxylation is 1. The Kier molecular flexibility index (Phi) is 2.44. The molecule has 0 amide bonds. The van der Waals surface area contributed by atoms with Crippen molar-refractivity contribution in [3.63, 3.8) is 0 Å². The summed E-state index contributed by atoms with van der Waals surface area (Å²) < 4.78 is 2.35. The zero-order valence-electron chi connectivity index (χ0n) is 6.47. The molecular formula is C7H9BrN2O. The number of nitrogens with zero attached hydrogens (tertiary/aromatic N) is 2. The summed E-state index contributed by atoms with van der Waals surface area (Å²) in [5.74, 6) is 0. The Labute approximate surface area is 73.5 Å². The molecule has 0 aromatic carbocycles. The molecule has 1 aromatic rings. The van der Waals surface area contributed by atoms with Crippen LogP contribution in [0, 0.1) is 0 Å². The van der Waals surface area contributed by atoms with E-state index in [4.69, 9.17) is 0 Å². The minimum atomic E-state index is 0.631. The number of carbonyl (C=O) groups is 1.